The second-order valence-electron chi connectivity index (χ2n) is 9.63. The summed E-state index contributed by atoms with van der Waals surface area (Å²) in [5.74, 6) is 1.57. The van der Waals surface area contributed by atoms with Crippen LogP contribution in [0.3, 0.4) is 0 Å². The SMILES string of the molecule is CNc1ccc(CN2CCC3(CCN(c4ncncc4Oc4ccc(F)cc4OC)C3)C2)cc1NC=O. The van der Waals surface area contributed by atoms with Gasteiger partial charge in [-0.1, -0.05) is 6.07 Å². The minimum absolute atomic E-state index is 0.171. The van der Waals surface area contributed by atoms with Gasteiger partial charge in [-0.2, -0.15) is 0 Å². The van der Waals surface area contributed by atoms with Crippen LogP contribution in [0.5, 0.6) is 17.2 Å². The number of anilines is 3. The Bertz CT molecular complexity index is 1270. The molecule has 37 heavy (non-hydrogen) atoms. The minimum atomic E-state index is -0.393. The average Bonchev–Trinajstić information content (AvgIpc) is 3.51. The van der Waals surface area contributed by atoms with Gasteiger partial charge in [0.1, 0.15) is 12.1 Å². The zero-order valence-corrected chi connectivity index (χ0v) is 21.0. The quantitative estimate of drug-likeness (QED) is 0.419. The van der Waals surface area contributed by atoms with Gasteiger partial charge in [-0.25, -0.2) is 14.4 Å². The Kier molecular flexibility index (Phi) is 7.09. The molecule has 0 saturated carbocycles. The Balaban J connectivity index is 1.27. The van der Waals surface area contributed by atoms with Gasteiger partial charge in [0, 0.05) is 44.7 Å². The average molecular weight is 507 g/mol. The predicted octanol–water partition coefficient (Wildman–Crippen LogP) is 4.13. The molecule has 0 radical (unpaired) electrons. The van der Waals surface area contributed by atoms with Crippen LogP contribution in [0.4, 0.5) is 21.6 Å². The van der Waals surface area contributed by atoms with Crippen LogP contribution in [0.1, 0.15) is 18.4 Å². The highest BCUT2D eigenvalue weighted by molar-refractivity contribution is 5.81. The smallest absolute Gasteiger partial charge is 0.211 e. The van der Waals surface area contributed by atoms with Crippen molar-refractivity contribution in [3.05, 3.63) is 60.3 Å². The molecule has 10 heteroatoms. The summed E-state index contributed by atoms with van der Waals surface area (Å²) in [5, 5.41) is 5.88. The number of hydrogen-bond acceptors (Lipinski definition) is 8. The lowest BCUT2D eigenvalue weighted by atomic mass is 9.86. The molecule has 2 saturated heterocycles. The molecule has 1 aromatic heterocycles. The molecule has 2 aliphatic heterocycles. The van der Waals surface area contributed by atoms with Crippen molar-refractivity contribution < 1.29 is 18.7 Å². The molecule has 1 amide bonds. The minimum Gasteiger partial charge on any atom is -0.493 e. The molecule has 0 aliphatic carbocycles. The fourth-order valence-corrected chi connectivity index (χ4v) is 5.42. The van der Waals surface area contributed by atoms with Crippen molar-refractivity contribution in [3.8, 4) is 17.2 Å². The number of hydrogen-bond donors (Lipinski definition) is 2. The van der Waals surface area contributed by atoms with Crippen molar-refractivity contribution in [2.24, 2.45) is 5.41 Å². The Morgan fingerprint density at radius 2 is 1.95 bits per heavy atom. The molecule has 2 aliphatic rings. The topological polar surface area (TPSA) is 91.8 Å². The Morgan fingerprint density at radius 1 is 1.08 bits per heavy atom. The Hall–Kier alpha value is -3.92. The molecule has 194 valence electrons. The maximum absolute atomic E-state index is 13.6. The first kappa shape index (κ1) is 24.8. The first-order chi connectivity index (χ1) is 18.0. The highest BCUT2D eigenvalue weighted by Crippen LogP contribution is 2.44. The lowest BCUT2D eigenvalue weighted by molar-refractivity contribution is -0.105. The van der Waals surface area contributed by atoms with E-state index in [1.54, 1.807) is 12.3 Å². The van der Waals surface area contributed by atoms with Crippen LogP contribution >= 0.6 is 0 Å². The summed E-state index contributed by atoms with van der Waals surface area (Å²) >= 11 is 0. The first-order valence-electron chi connectivity index (χ1n) is 12.3. The second kappa shape index (κ2) is 10.6. The van der Waals surface area contributed by atoms with Crippen LogP contribution in [-0.2, 0) is 11.3 Å². The monoisotopic (exact) mass is 506 g/mol. The molecule has 5 rings (SSSR count). The first-order valence-corrected chi connectivity index (χ1v) is 12.3. The van der Waals surface area contributed by atoms with E-state index < -0.39 is 5.82 Å². The zero-order chi connectivity index (χ0) is 25.8. The molecule has 2 fully saturated rings. The van der Waals surface area contributed by atoms with Crippen LogP contribution < -0.4 is 25.0 Å². The van der Waals surface area contributed by atoms with Crippen molar-refractivity contribution >= 4 is 23.6 Å². The van der Waals surface area contributed by atoms with Gasteiger partial charge in [0.2, 0.25) is 6.41 Å². The lowest BCUT2D eigenvalue weighted by Crippen LogP contribution is -2.31. The molecule has 1 atom stereocenters. The molecule has 3 heterocycles. The molecule has 1 unspecified atom stereocenters. The third-order valence-electron chi connectivity index (χ3n) is 7.23. The number of halogens is 1. The van der Waals surface area contributed by atoms with E-state index in [1.165, 1.54) is 25.6 Å². The normalized spacial score (nSPS) is 19.3. The predicted molar refractivity (Wildman–Crippen MR) is 140 cm³/mol. The van der Waals surface area contributed by atoms with Crippen molar-refractivity contribution in [2.45, 2.75) is 19.4 Å². The number of aromatic nitrogens is 2. The van der Waals surface area contributed by atoms with Gasteiger partial charge >= 0.3 is 0 Å². The summed E-state index contributed by atoms with van der Waals surface area (Å²) in [7, 11) is 3.32. The number of carbonyl (C=O) groups excluding carboxylic acids is 1. The van der Waals surface area contributed by atoms with E-state index in [0.29, 0.717) is 23.7 Å². The molecule has 0 bridgehead atoms. The number of ether oxygens (including phenoxy) is 2. The van der Waals surface area contributed by atoms with E-state index in [-0.39, 0.29) is 5.41 Å². The molecule has 3 aromatic rings. The van der Waals surface area contributed by atoms with Crippen LogP contribution in [0.15, 0.2) is 48.9 Å². The number of nitrogens with zero attached hydrogens (tertiary/aromatic N) is 4. The summed E-state index contributed by atoms with van der Waals surface area (Å²) in [6.45, 7) is 4.56. The largest absolute Gasteiger partial charge is 0.493 e. The van der Waals surface area contributed by atoms with Gasteiger partial charge in [-0.05, 0) is 49.2 Å². The van der Waals surface area contributed by atoms with E-state index >= 15 is 0 Å². The van der Waals surface area contributed by atoms with Gasteiger partial charge < -0.3 is 25.0 Å². The van der Waals surface area contributed by atoms with Crippen LogP contribution in [-0.4, -0.2) is 61.6 Å². The van der Waals surface area contributed by atoms with Crippen molar-refractivity contribution in [1.82, 2.24) is 14.9 Å². The number of methoxy groups -OCH3 is 1. The van der Waals surface area contributed by atoms with Crippen molar-refractivity contribution in [3.63, 3.8) is 0 Å². The van der Waals surface area contributed by atoms with Gasteiger partial charge in [0.05, 0.1) is 24.7 Å². The number of amides is 1. The van der Waals surface area contributed by atoms with Crippen molar-refractivity contribution in [1.29, 1.82) is 0 Å². The van der Waals surface area contributed by atoms with Gasteiger partial charge in [0.25, 0.3) is 0 Å². The fourth-order valence-electron chi connectivity index (χ4n) is 5.42. The fraction of sp³-hybridized carbons (Fsp3) is 0.370. The van der Waals surface area contributed by atoms with Crippen LogP contribution in [0.2, 0.25) is 0 Å². The number of nitrogens with one attached hydrogen (secondary N) is 2. The summed E-state index contributed by atoms with van der Waals surface area (Å²) in [6, 6.07) is 10.3. The lowest BCUT2D eigenvalue weighted by Gasteiger charge is -2.26. The van der Waals surface area contributed by atoms with E-state index in [2.05, 4.69) is 36.5 Å². The molecule has 2 N–H and O–H groups in total. The Labute approximate surface area is 215 Å². The second-order valence-corrected chi connectivity index (χ2v) is 9.63. The summed E-state index contributed by atoms with van der Waals surface area (Å²) in [5.41, 5.74) is 3.01. The van der Waals surface area contributed by atoms with Gasteiger partial charge in [0.15, 0.2) is 23.1 Å². The highest BCUT2D eigenvalue weighted by atomic mass is 19.1. The van der Waals surface area contributed by atoms with E-state index in [4.69, 9.17) is 9.47 Å². The van der Waals surface area contributed by atoms with E-state index in [0.717, 1.165) is 68.3 Å². The van der Waals surface area contributed by atoms with Gasteiger partial charge in [-0.15, -0.1) is 0 Å². The summed E-state index contributed by atoms with van der Waals surface area (Å²) in [6.07, 6.45) is 6.02. The maximum atomic E-state index is 13.6. The van der Waals surface area contributed by atoms with E-state index in [9.17, 15) is 9.18 Å². The summed E-state index contributed by atoms with van der Waals surface area (Å²) in [4.78, 5) is 24.4. The van der Waals surface area contributed by atoms with Crippen LogP contribution in [0, 0.1) is 11.2 Å². The number of benzene rings is 2. The number of rotatable bonds is 9. The third kappa shape index (κ3) is 5.29. The Morgan fingerprint density at radius 3 is 2.76 bits per heavy atom. The molecule has 2 aromatic carbocycles. The zero-order valence-electron chi connectivity index (χ0n) is 21.0. The number of carbonyl (C=O) groups is 1. The highest BCUT2D eigenvalue weighted by Gasteiger charge is 2.44. The van der Waals surface area contributed by atoms with Crippen molar-refractivity contribution in [2.75, 3.05) is 55.9 Å². The van der Waals surface area contributed by atoms with Crippen LogP contribution in [0.25, 0.3) is 0 Å². The molecule has 9 nitrogen and oxygen atoms in total. The molecular weight excluding hydrogens is 475 g/mol. The van der Waals surface area contributed by atoms with E-state index in [1.807, 2.05) is 19.2 Å². The molecule has 1 spiro atoms. The summed E-state index contributed by atoms with van der Waals surface area (Å²) < 4.78 is 25.0. The molecular formula is C27H31FN6O3. The maximum Gasteiger partial charge on any atom is 0.211 e. The third-order valence-corrected chi connectivity index (χ3v) is 7.23. The van der Waals surface area contributed by atoms with Gasteiger partial charge in [-0.3, -0.25) is 9.69 Å². The number of likely N-dealkylation sites (tertiary alicyclic amines) is 1. The standard InChI is InChI=1S/C27H31FN6O3/c1-29-21-5-3-19(11-22(21)32-18-35)14-33-9-7-27(15-33)8-10-34(16-27)26-25(13-30-17-31-26)37-23-6-4-20(28)12-24(23)36-2/h3-6,11-13,17-18,29H,7-10,14-16H2,1-2H3,(H,32,35).